The maximum Gasteiger partial charge on any atom is 0.206 e. The van der Waals surface area contributed by atoms with Crippen molar-refractivity contribution >= 4 is 22.0 Å². The van der Waals surface area contributed by atoms with E-state index in [0.717, 1.165) is 12.1 Å². The van der Waals surface area contributed by atoms with Crippen molar-refractivity contribution in [2.24, 2.45) is 0 Å². The van der Waals surface area contributed by atoms with Crippen molar-refractivity contribution < 1.29 is 22.3 Å². The smallest absolute Gasteiger partial charge is 0.206 e. The summed E-state index contributed by atoms with van der Waals surface area (Å²) in [7, 11) is -3.80. The number of benzene rings is 3. The molecule has 1 atom stereocenters. The molecule has 0 heterocycles. The van der Waals surface area contributed by atoms with E-state index in [-0.39, 0.29) is 15.4 Å². The van der Waals surface area contributed by atoms with E-state index in [9.17, 15) is 22.3 Å². The zero-order chi connectivity index (χ0) is 20.3. The summed E-state index contributed by atoms with van der Waals surface area (Å²) in [5.41, 5.74) is 1.22. The quantitative estimate of drug-likeness (QED) is 0.612. The molecule has 28 heavy (non-hydrogen) atoms. The summed E-state index contributed by atoms with van der Waals surface area (Å²) in [6.45, 7) is 1.51. The molecule has 0 aliphatic carbocycles. The van der Waals surface area contributed by atoms with Gasteiger partial charge in [-0.25, -0.2) is 17.2 Å². The average Bonchev–Trinajstić information content (AvgIpc) is 2.67. The molecular weight excluding hydrogens is 382 g/mol. The lowest BCUT2D eigenvalue weighted by molar-refractivity contribution is 0.196. The van der Waals surface area contributed by atoms with Crippen LogP contribution < -0.4 is 0 Å². The molecule has 0 amide bonds. The van der Waals surface area contributed by atoms with Gasteiger partial charge in [0.05, 0.1) is 15.9 Å². The summed E-state index contributed by atoms with van der Waals surface area (Å²) < 4.78 is 52.4. The molecule has 0 saturated carbocycles. The Morgan fingerprint density at radius 2 is 1.61 bits per heavy atom. The molecule has 1 N–H and O–H groups in total. The Labute approximate surface area is 162 Å². The fourth-order valence-corrected chi connectivity index (χ4v) is 4.33. The van der Waals surface area contributed by atoms with Gasteiger partial charge in [0.2, 0.25) is 9.84 Å². The maximum atomic E-state index is 13.7. The standard InChI is InChI=1S/C22H18F2O3S/c1-15(25)20-4-2-3-5-22(20)28(26,27)19-12-7-16(8-13-19)6-9-17-10-11-18(23)14-21(17)24/h2-15,25H,1H3/b9-6+/t15-/m0/s1. The van der Waals surface area contributed by atoms with Crippen molar-refractivity contribution in [1.82, 2.24) is 0 Å². The molecule has 0 unspecified atom stereocenters. The molecule has 0 aromatic heterocycles. The summed E-state index contributed by atoms with van der Waals surface area (Å²) in [5, 5.41) is 9.85. The van der Waals surface area contributed by atoms with E-state index in [0.29, 0.717) is 11.1 Å². The Morgan fingerprint density at radius 1 is 0.929 bits per heavy atom. The van der Waals surface area contributed by atoms with E-state index in [1.165, 1.54) is 37.3 Å². The van der Waals surface area contributed by atoms with E-state index in [2.05, 4.69) is 0 Å². The first-order valence-corrected chi connectivity index (χ1v) is 10.0. The van der Waals surface area contributed by atoms with Crippen LogP contribution in [0.3, 0.4) is 0 Å². The fourth-order valence-electron chi connectivity index (χ4n) is 2.78. The molecule has 0 saturated heterocycles. The SMILES string of the molecule is C[C@H](O)c1ccccc1S(=O)(=O)c1ccc(/C=C/c2ccc(F)cc2F)cc1. The van der Waals surface area contributed by atoms with Crippen LogP contribution in [0.2, 0.25) is 0 Å². The summed E-state index contributed by atoms with van der Waals surface area (Å²) >= 11 is 0. The van der Waals surface area contributed by atoms with Gasteiger partial charge in [0.25, 0.3) is 0 Å². The summed E-state index contributed by atoms with van der Waals surface area (Å²) in [5.74, 6) is -1.33. The van der Waals surface area contributed by atoms with Crippen LogP contribution in [0.4, 0.5) is 8.78 Å². The normalized spacial score (nSPS) is 13.0. The minimum absolute atomic E-state index is 0.0571. The molecule has 144 valence electrons. The second-order valence-corrected chi connectivity index (χ2v) is 8.20. The highest BCUT2D eigenvalue weighted by molar-refractivity contribution is 7.91. The largest absolute Gasteiger partial charge is 0.389 e. The second-order valence-electron chi connectivity index (χ2n) is 6.29. The second kappa shape index (κ2) is 8.04. The third kappa shape index (κ3) is 4.18. The van der Waals surface area contributed by atoms with Crippen LogP contribution in [0.15, 0.2) is 76.5 Å². The number of halogens is 2. The molecule has 0 aliphatic heterocycles. The van der Waals surface area contributed by atoms with Crippen LogP contribution in [-0.4, -0.2) is 13.5 Å². The van der Waals surface area contributed by atoms with E-state index in [1.807, 2.05) is 0 Å². The highest BCUT2D eigenvalue weighted by Gasteiger charge is 2.22. The summed E-state index contributed by atoms with van der Waals surface area (Å²) in [6.07, 6.45) is 2.18. The molecule has 0 radical (unpaired) electrons. The maximum absolute atomic E-state index is 13.7. The van der Waals surface area contributed by atoms with Gasteiger partial charge >= 0.3 is 0 Å². The molecule has 3 aromatic carbocycles. The molecule has 3 aromatic rings. The minimum atomic E-state index is -3.80. The van der Waals surface area contributed by atoms with E-state index >= 15 is 0 Å². The van der Waals surface area contributed by atoms with Gasteiger partial charge in [0.1, 0.15) is 11.6 Å². The van der Waals surface area contributed by atoms with Gasteiger partial charge in [-0.3, -0.25) is 0 Å². The Balaban J connectivity index is 1.89. The van der Waals surface area contributed by atoms with Crippen LogP contribution in [0.5, 0.6) is 0 Å². The van der Waals surface area contributed by atoms with Crippen LogP contribution in [0, 0.1) is 11.6 Å². The molecule has 0 fully saturated rings. The van der Waals surface area contributed by atoms with Crippen molar-refractivity contribution in [2.75, 3.05) is 0 Å². The van der Waals surface area contributed by atoms with Gasteiger partial charge in [-0.1, -0.05) is 42.5 Å². The van der Waals surface area contributed by atoms with Gasteiger partial charge in [-0.2, -0.15) is 0 Å². The van der Waals surface area contributed by atoms with Crippen molar-refractivity contribution in [1.29, 1.82) is 0 Å². The third-order valence-electron chi connectivity index (χ3n) is 4.27. The van der Waals surface area contributed by atoms with Gasteiger partial charge in [-0.05, 0) is 48.4 Å². The molecule has 0 bridgehead atoms. The Kier molecular flexibility index (Phi) is 5.72. The Bertz CT molecular complexity index is 1120. The molecule has 0 aliphatic rings. The van der Waals surface area contributed by atoms with E-state index in [1.54, 1.807) is 36.4 Å². The number of aliphatic hydroxyl groups is 1. The minimum Gasteiger partial charge on any atom is -0.389 e. The van der Waals surface area contributed by atoms with E-state index in [4.69, 9.17) is 0 Å². The van der Waals surface area contributed by atoms with E-state index < -0.39 is 27.6 Å². The van der Waals surface area contributed by atoms with Crippen LogP contribution in [0.25, 0.3) is 12.2 Å². The molecule has 3 rings (SSSR count). The summed E-state index contributed by atoms with van der Waals surface area (Å²) in [6, 6.07) is 15.7. The van der Waals surface area contributed by atoms with Crippen LogP contribution in [-0.2, 0) is 9.84 Å². The predicted molar refractivity (Wildman–Crippen MR) is 104 cm³/mol. The van der Waals surface area contributed by atoms with Crippen LogP contribution in [0.1, 0.15) is 29.7 Å². The number of hydrogen-bond donors (Lipinski definition) is 1. The van der Waals surface area contributed by atoms with Gasteiger partial charge in [-0.15, -0.1) is 0 Å². The lowest BCUT2D eigenvalue weighted by atomic mass is 10.1. The lowest BCUT2D eigenvalue weighted by Gasteiger charge is -2.12. The molecular formula is C22H18F2O3S. The van der Waals surface area contributed by atoms with Gasteiger partial charge in [0, 0.05) is 11.6 Å². The fraction of sp³-hybridized carbons (Fsp3) is 0.0909. The zero-order valence-corrected chi connectivity index (χ0v) is 15.8. The van der Waals surface area contributed by atoms with Gasteiger partial charge < -0.3 is 5.11 Å². The predicted octanol–water partition coefficient (Wildman–Crippen LogP) is 5.02. The zero-order valence-electron chi connectivity index (χ0n) is 15.0. The van der Waals surface area contributed by atoms with Gasteiger partial charge in [0.15, 0.2) is 0 Å². The highest BCUT2D eigenvalue weighted by atomic mass is 32.2. The van der Waals surface area contributed by atoms with Crippen molar-refractivity contribution in [2.45, 2.75) is 22.8 Å². The number of hydrogen-bond acceptors (Lipinski definition) is 3. The number of aliphatic hydroxyl groups excluding tert-OH is 1. The lowest BCUT2D eigenvalue weighted by Crippen LogP contribution is -2.07. The highest BCUT2D eigenvalue weighted by Crippen LogP contribution is 2.28. The number of rotatable bonds is 5. The Morgan fingerprint density at radius 3 is 2.25 bits per heavy atom. The van der Waals surface area contributed by atoms with Crippen molar-refractivity contribution in [3.63, 3.8) is 0 Å². The topological polar surface area (TPSA) is 54.4 Å². The Hall–Kier alpha value is -2.83. The molecule has 6 heteroatoms. The monoisotopic (exact) mass is 400 g/mol. The number of sulfone groups is 1. The first-order valence-electron chi connectivity index (χ1n) is 8.54. The first kappa shape index (κ1) is 19.9. The van der Waals surface area contributed by atoms with Crippen molar-refractivity contribution in [3.05, 3.63) is 95.1 Å². The van der Waals surface area contributed by atoms with Crippen LogP contribution >= 0.6 is 0 Å². The summed E-state index contributed by atoms with van der Waals surface area (Å²) in [4.78, 5) is 0.146. The molecule has 3 nitrogen and oxygen atoms in total. The first-order chi connectivity index (χ1) is 13.3. The molecule has 0 spiro atoms. The average molecular weight is 400 g/mol. The van der Waals surface area contributed by atoms with Crippen molar-refractivity contribution in [3.8, 4) is 0 Å². The third-order valence-corrected chi connectivity index (χ3v) is 6.11.